The summed E-state index contributed by atoms with van der Waals surface area (Å²) in [6.45, 7) is 4.32. The molecule has 0 heterocycles. The fraction of sp³-hybridized carbons (Fsp3) is 0.538. The maximum absolute atomic E-state index is 9.14. The Morgan fingerprint density at radius 3 is 2.75 bits per heavy atom. The van der Waals surface area contributed by atoms with Gasteiger partial charge in [-0.05, 0) is 31.0 Å². The molecule has 0 radical (unpaired) electrons. The third-order valence-electron chi connectivity index (χ3n) is 2.79. The standard InChI is InChI=1S/C13H21NO2/c1-4-12(9-15)14-10(2)11-6-5-7-13(8-11)16-3/h5-8,10,12,14-15H,4,9H2,1-3H3/t10?,12-/m1/s1. The van der Waals surface area contributed by atoms with Gasteiger partial charge in [-0.1, -0.05) is 19.1 Å². The predicted octanol–water partition coefficient (Wildman–Crippen LogP) is 2.12. The zero-order chi connectivity index (χ0) is 12.0. The Hall–Kier alpha value is -1.06. The molecule has 90 valence electrons. The number of methoxy groups -OCH3 is 1. The molecule has 2 atom stereocenters. The van der Waals surface area contributed by atoms with Crippen molar-refractivity contribution < 1.29 is 9.84 Å². The van der Waals surface area contributed by atoms with Crippen LogP contribution in [0.3, 0.4) is 0 Å². The molecule has 0 aliphatic rings. The van der Waals surface area contributed by atoms with E-state index >= 15 is 0 Å². The van der Waals surface area contributed by atoms with Crippen molar-refractivity contribution >= 4 is 0 Å². The maximum atomic E-state index is 9.14. The van der Waals surface area contributed by atoms with Crippen LogP contribution in [0.25, 0.3) is 0 Å². The van der Waals surface area contributed by atoms with Crippen molar-refractivity contribution in [1.29, 1.82) is 0 Å². The average Bonchev–Trinajstić information content (AvgIpc) is 2.35. The van der Waals surface area contributed by atoms with Gasteiger partial charge in [0.1, 0.15) is 5.75 Å². The molecular weight excluding hydrogens is 202 g/mol. The number of ether oxygens (including phenoxy) is 1. The molecule has 1 rings (SSSR count). The predicted molar refractivity (Wildman–Crippen MR) is 65.7 cm³/mol. The van der Waals surface area contributed by atoms with E-state index in [0.717, 1.165) is 12.2 Å². The lowest BCUT2D eigenvalue weighted by Gasteiger charge is -2.21. The molecule has 3 heteroatoms. The number of aliphatic hydroxyl groups excluding tert-OH is 1. The Labute approximate surface area is 97.4 Å². The van der Waals surface area contributed by atoms with E-state index < -0.39 is 0 Å². The lowest BCUT2D eigenvalue weighted by atomic mass is 10.1. The van der Waals surface area contributed by atoms with Gasteiger partial charge in [-0.3, -0.25) is 0 Å². The fourth-order valence-electron chi connectivity index (χ4n) is 1.66. The monoisotopic (exact) mass is 223 g/mol. The van der Waals surface area contributed by atoms with Gasteiger partial charge in [0.15, 0.2) is 0 Å². The largest absolute Gasteiger partial charge is 0.497 e. The molecule has 0 spiro atoms. The first-order valence-corrected chi connectivity index (χ1v) is 5.72. The Kier molecular flexibility index (Phi) is 5.29. The van der Waals surface area contributed by atoms with Gasteiger partial charge in [-0.2, -0.15) is 0 Å². The lowest BCUT2D eigenvalue weighted by molar-refractivity contribution is 0.230. The third-order valence-corrected chi connectivity index (χ3v) is 2.79. The van der Waals surface area contributed by atoms with E-state index in [1.54, 1.807) is 7.11 Å². The van der Waals surface area contributed by atoms with Gasteiger partial charge < -0.3 is 15.2 Å². The molecule has 0 fully saturated rings. The van der Waals surface area contributed by atoms with E-state index in [-0.39, 0.29) is 18.7 Å². The normalized spacial score (nSPS) is 14.5. The summed E-state index contributed by atoms with van der Waals surface area (Å²) in [5.74, 6) is 0.864. The third kappa shape index (κ3) is 3.51. The van der Waals surface area contributed by atoms with Gasteiger partial charge >= 0.3 is 0 Å². The Balaban J connectivity index is 2.67. The summed E-state index contributed by atoms with van der Waals surface area (Å²) in [7, 11) is 1.67. The minimum Gasteiger partial charge on any atom is -0.497 e. The Morgan fingerprint density at radius 2 is 2.19 bits per heavy atom. The van der Waals surface area contributed by atoms with Crippen LogP contribution >= 0.6 is 0 Å². The first-order valence-electron chi connectivity index (χ1n) is 5.72. The van der Waals surface area contributed by atoms with Gasteiger partial charge in [-0.15, -0.1) is 0 Å². The molecule has 2 N–H and O–H groups in total. The van der Waals surface area contributed by atoms with Crippen LogP contribution in [0.5, 0.6) is 5.75 Å². The molecule has 3 nitrogen and oxygen atoms in total. The quantitative estimate of drug-likeness (QED) is 0.776. The van der Waals surface area contributed by atoms with Crippen molar-refractivity contribution in [3.63, 3.8) is 0 Å². The highest BCUT2D eigenvalue weighted by molar-refractivity contribution is 5.30. The van der Waals surface area contributed by atoms with E-state index in [1.165, 1.54) is 5.56 Å². The van der Waals surface area contributed by atoms with Gasteiger partial charge in [0.25, 0.3) is 0 Å². The first-order chi connectivity index (χ1) is 7.71. The average molecular weight is 223 g/mol. The Bertz CT molecular complexity index is 311. The van der Waals surface area contributed by atoms with Crippen LogP contribution in [0.15, 0.2) is 24.3 Å². The second kappa shape index (κ2) is 6.51. The van der Waals surface area contributed by atoms with Crippen molar-refractivity contribution in [3.8, 4) is 5.75 Å². The first kappa shape index (κ1) is 13.0. The molecule has 0 saturated carbocycles. The van der Waals surface area contributed by atoms with Gasteiger partial charge in [0.2, 0.25) is 0 Å². The van der Waals surface area contributed by atoms with Crippen molar-refractivity contribution in [3.05, 3.63) is 29.8 Å². The fourth-order valence-corrected chi connectivity index (χ4v) is 1.66. The summed E-state index contributed by atoms with van der Waals surface area (Å²) in [4.78, 5) is 0. The molecule has 0 aliphatic carbocycles. The summed E-state index contributed by atoms with van der Waals surface area (Å²) >= 11 is 0. The van der Waals surface area contributed by atoms with E-state index in [9.17, 15) is 0 Å². The molecule has 1 unspecified atom stereocenters. The van der Waals surface area contributed by atoms with Crippen LogP contribution in [-0.2, 0) is 0 Å². The lowest BCUT2D eigenvalue weighted by Crippen LogP contribution is -2.33. The summed E-state index contributed by atoms with van der Waals surface area (Å²) in [6, 6.07) is 8.35. The van der Waals surface area contributed by atoms with Crippen LogP contribution in [0.1, 0.15) is 31.9 Å². The number of benzene rings is 1. The molecule has 1 aromatic rings. The highest BCUT2D eigenvalue weighted by atomic mass is 16.5. The number of hydrogen-bond donors (Lipinski definition) is 2. The summed E-state index contributed by atoms with van der Waals surface area (Å²) in [5.41, 5.74) is 1.17. The van der Waals surface area contributed by atoms with Crippen LogP contribution < -0.4 is 10.1 Å². The van der Waals surface area contributed by atoms with E-state index in [1.807, 2.05) is 18.2 Å². The van der Waals surface area contributed by atoms with E-state index in [4.69, 9.17) is 9.84 Å². The Morgan fingerprint density at radius 1 is 1.44 bits per heavy atom. The van der Waals surface area contributed by atoms with Gasteiger partial charge in [0, 0.05) is 12.1 Å². The second-order valence-corrected chi connectivity index (χ2v) is 3.95. The summed E-state index contributed by atoms with van der Waals surface area (Å²) < 4.78 is 5.19. The van der Waals surface area contributed by atoms with E-state index in [0.29, 0.717) is 0 Å². The topological polar surface area (TPSA) is 41.5 Å². The maximum Gasteiger partial charge on any atom is 0.119 e. The minimum absolute atomic E-state index is 0.154. The van der Waals surface area contributed by atoms with Crippen LogP contribution in [0.2, 0.25) is 0 Å². The number of nitrogens with one attached hydrogen (secondary N) is 1. The van der Waals surface area contributed by atoms with Gasteiger partial charge in [-0.25, -0.2) is 0 Å². The highest BCUT2D eigenvalue weighted by Gasteiger charge is 2.11. The molecule has 16 heavy (non-hydrogen) atoms. The van der Waals surface area contributed by atoms with E-state index in [2.05, 4.69) is 25.2 Å². The number of aliphatic hydroxyl groups is 1. The smallest absolute Gasteiger partial charge is 0.119 e. The molecule has 0 bridgehead atoms. The van der Waals surface area contributed by atoms with Crippen LogP contribution in [0.4, 0.5) is 0 Å². The molecule has 0 aliphatic heterocycles. The number of rotatable bonds is 6. The van der Waals surface area contributed by atoms with Crippen LogP contribution in [0, 0.1) is 0 Å². The molecular formula is C13H21NO2. The molecule has 0 aromatic heterocycles. The summed E-state index contributed by atoms with van der Waals surface area (Å²) in [6.07, 6.45) is 0.921. The SMILES string of the molecule is CC[C@H](CO)NC(C)c1cccc(OC)c1. The second-order valence-electron chi connectivity index (χ2n) is 3.95. The zero-order valence-corrected chi connectivity index (χ0v) is 10.2. The van der Waals surface area contributed by atoms with Gasteiger partial charge in [0.05, 0.1) is 13.7 Å². The molecule has 0 saturated heterocycles. The molecule has 0 amide bonds. The van der Waals surface area contributed by atoms with Crippen molar-refractivity contribution in [2.75, 3.05) is 13.7 Å². The summed E-state index contributed by atoms with van der Waals surface area (Å²) in [5, 5.41) is 12.5. The number of hydrogen-bond acceptors (Lipinski definition) is 3. The van der Waals surface area contributed by atoms with Crippen molar-refractivity contribution in [1.82, 2.24) is 5.32 Å². The molecule has 1 aromatic carbocycles. The highest BCUT2D eigenvalue weighted by Crippen LogP contribution is 2.19. The minimum atomic E-state index is 0.154. The van der Waals surface area contributed by atoms with Crippen molar-refractivity contribution in [2.24, 2.45) is 0 Å². The van der Waals surface area contributed by atoms with Crippen molar-refractivity contribution in [2.45, 2.75) is 32.4 Å². The zero-order valence-electron chi connectivity index (χ0n) is 10.2. The van der Waals surface area contributed by atoms with Crippen LogP contribution in [-0.4, -0.2) is 24.9 Å².